The highest BCUT2D eigenvalue weighted by Gasteiger charge is 2.24. The molecule has 0 radical (unpaired) electrons. The number of amides is 2. The van der Waals surface area contributed by atoms with Crippen LogP contribution in [-0.2, 0) is 0 Å². The molecule has 0 aliphatic carbocycles. The minimum absolute atomic E-state index is 0.0321. The Morgan fingerprint density at radius 3 is 2.54 bits per heavy atom. The summed E-state index contributed by atoms with van der Waals surface area (Å²) in [5.74, 6) is 1.15. The molecule has 28 heavy (non-hydrogen) atoms. The van der Waals surface area contributed by atoms with E-state index in [0.29, 0.717) is 44.2 Å². The normalized spacial score (nSPS) is 14.5. The van der Waals surface area contributed by atoms with Crippen molar-refractivity contribution in [3.05, 3.63) is 42.1 Å². The molecule has 146 valence electrons. The second kappa shape index (κ2) is 7.41. The number of rotatable bonds is 3. The van der Waals surface area contributed by atoms with Gasteiger partial charge in [0.2, 0.25) is 0 Å². The van der Waals surface area contributed by atoms with Crippen molar-refractivity contribution in [2.45, 2.75) is 13.8 Å². The van der Waals surface area contributed by atoms with Gasteiger partial charge in [0.25, 0.3) is 0 Å². The van der Waals surface area contributed by atoms with E-state index in [1.165, 1.54) is 12.1 Å². The molecule has 2 amide bonds. The van der Waals surface area contributed by atoms with Crippen LogP contribution in [0.15, 0.2) is 30.5 Å². The van der Waals surface area contributed by atoms with Crippen molar-refractivity contribution < 1.29 is 9.18 Å². The molecule has 3 heterocycles. The Bertz CT molecular complexity index is 993. The van der Waals surface area contributed by atoms with Crippen LogP contribution in [-0.4, -0.2) is 63.4 Å². The van der Waals surface area contributed by atoms with Gasteiger partial charge in [-0.1, -0.05) is 0 Å². The zero-order valence-corrected chi connectivity index (χ0v) is 15.9. The Kier molecular flexibility index (Phi) is 4.81. The molecule has 1 aliphatic rings. The first-order valence-corrected chi connectivity index (χ1v) is 9.33. The number of nitrogens with zero attached hydrogens (tertiary/aromatic N) is 6. The summed E-state index contributed by atoms with van der Waals surface area (Å²) in [4.78, 5) is 25.2. The maximum absolute atomic E-state index is 13.3. The first kappa shape index (κ1) is 18.1. The summed E-state index contributed by atoms with van der Waals surface area (Å²) in [7, 11) is 0. The molecule has 1 saturated heterocycles. The van der Waals surface area contributed by atoms with Crippen LogP contribution in [0.4, 0.5) is 15.0 Å². The summed E-state index contributed by atoms with van der Waals surface area (Å²) in [5.41, 5.74) is 1.42. The molecule has 2 aromatic heterocycles. The fourth-order valence-corrected chi connectivity index (χ4v) is 3.40. The van der Waals surface area contributed by atoms with Crippen LogP contribution < -0.4 is 10.2 Å². The molecule has 0 spiro atoms. The number of benzene rings is 1. The molecule has 1 fully saturated rings. The summed E-state index contributed by atoms with van der Waals surface area (Å²) < 4.78 is 14.9. The Morgan fingerprint density at radius 1 is 1.14 bits per heavy atom. The number of carbonyl (C=O) groups is 1. The molecule has 0 atom stereocenters. The quantitative estimate of drug-likeness (QED) is 0.749. The zero-order valence-electron chi connectivity index (χ0n) is 15.9. The van der Waals surface area contributed by atoms with Gasteiger partial charge in [-0.3, -0.25) is 0 Å². The fourth-order valence-electron chi connectivity index (χ4n) is 3.40. The highest BCUT2D eigenvalue weighted by Crippen LogP contribution is 2.26. The number of carbonyl (C=O) groups excluding carboxylic acids is 1. The average molecular weight is 383 g/mol. The van der Waals surface area contributed by atoms with Crippen molar-refractivity contribution in [1.29, 1.82) is 0 Å². The SMILES string of the molecule is CCNC(=O)N1CCN(c2nc(C)nc3c2cnn3-c2ccc(F)cc2)CC1. The van der Waals surface area contributed by atoms with Crippen LogP contribution in [0.5, 0.6) is 0 Å². The summed E-state index contributed by atoms with van der Waals surface area (Å²) >= 11 is 0. The molecule has 1 aliphatic heterocycles. The summed E-state index contributed by atoms with van der Waals surface area (Å²) in [6.45, 7) is 7.00. The Balaban J connectivity index is 1.64. The van der Waals surface area contributed by atoms with Gasteiger partial charge in [-0.15, -0.1) is 0 Å². The molecule has 3 aromatic rings. The smallest absolute Gasteiger partial charge is 0.317 e. The first-order chi connectivity index (χ1) is 13.6. The van der Waals surface area contributed by atoms with E-state index in [0.717, 1.165) is 16.9 Å². The van der Waals surface area contributed by atoms with Gasteiger partial charge in [0.05, 0.1) is 17.3 Å². The number of aromatic nitrogens is 4. The number of nitrogens with one attached hydrogen (secondary N) is 1. The highest BCUT2D eigenvalue weighted by molar-refractivity contribution is 5.88. The number of piperazine rings is 1. The lowest BCUT2D eigenvalue weighted by atomic mass is 10.2. The first-order valence-electron chi connectivity index (χ1n) is 9.33. The van der Waals surface area contributed by atoms with Crippen LogP contribution in [0, 0.1) is 12.7 Å². The van der Waals surface area contributed by atoms with E-state index >= 15 is 0 Å². The number of hydrogen-bond donors (Lipinski definition) is 1. The van der Waals surface area contributed by atoms with Gasteiger partial charge >= 0.3 is 6.03 Å². The Hall–Kier alpha value is -3.23. The standard InChI is InChI=1S/C19H22FN7O/c1-3-21-19(28)26-10-8-25(9-11-26)17-16-12-22-27(18(16)24-13(2)23-17)15-6-4-14(20)5-7-15/h4-7,12H,3,8-11H2,1-2H3,(H,21,28). The molecule has 9 heteroatoms. The van der Waals surface area contributed by atoms with Crippen molar-refractivity contribution in [1.82, 2.24) is 30.0 Å². The van der Waals surface area contributed by atoms with E-state index in [1.54, 1.807) is 23.0 Å². The molecule has 0 unspecified atom stereocenters. The maximum Gasteiger partial charge on any atom is 0.317 e. The topological polar surface area (TPSA) is 79.2 Å². The van der Waals surface area contributed by atoms with Gasteiger partial charge in [0.1, 0.15) is 17.5 Å². The monoisotopic (exact) mass is 383 g/mol. The van der Waals surface area contributed by atoms with E-state index in [9.17, 15) is 9.18 Å². The summed E-state index contributed by atoms with van der Waals surface area (Å²) in [5, 5.41) is 8.12. The number of urea groups is 1. The van der Waals surface area contributed by atoms with Crippen molar-refractivity contribution in [2.75, 3.05) is 37.6 Å². The number of hydrogen-bond acceptors (Lipinski definition) is 5. The third-order valence-corrected chi connectivity index (χ3v) is 4.79. The summed E-state index contributed by atoms with van der Waals surface area (Å²) in [6.07, 6.45) is 1.74. The van der Waals surface area contributed by atoms with Gasteiger partial charge in [-0.05, 0) is 38.1 Å². The van der Waals surface area contributed by atoms with Gasteiger partial charge in [0.15, 0.2) is 5.65 Å². The number of halogens is 1. The summed E-state index contributed by atoms with van der Waals surface area (Å²) in [6, 6.07) is 6.11. The largest absolute Gasteiger partial charge is 0.352 e. The van der Waals surface area contributed by atoms with E-state index in [-0.39, 0.29) is 11.8 Å². The van der Waals surface area contributed by atoms with Crippen LogP contribution >= 0.6 is 0 Å². The van der Waals surface area contributed by atoms with Crippen LogP contribution in [0.1, 0.15) is 12.7 Å². The number of aryl methyl sites for hydroxylation is 1. The molecular weight excluding hydrogens is 361 g/mol. The molecular formula is C19H22FN7O. The predicted octanol–water partition coefficient (Wildman–Crippen LogP) is 2.11. The second-order valence-corrected chi connectivity index (χ2v) is 6.67. The van der Waals surface area contributed by atoms with Crippen LogP contribution in [0.25, 0.3) is 16.7 Å². The lowest BCUT2D eigenvalue weighted by Crippen LogP contribution is -2.52. The van der Waals surface area contributed by atoms with Crippen LogP contribution in [0.2, 0.25) is 0 Å². The van der Waals surface area contributed by atoms with Gasteiger partial charge < -0.3 is 15.1 Å². The Labute approximate surface area is 162 Å². The van der Waals surface area contributed by atoms with Crippen molar-refractivity contribution >= 4 is 22.9 Å². The van der Waals surface area contributed by atoms with Crippen molar-refractivity contribution in [3.63, 3.8) is 0 Å². The van der Waals surface area contributed by atoms with Crippen molar-refractivity contribution in [3.8, 4) is 5.69 Å². The van der Waals surface area contributed by atoms with E-state index < -0.39 is 0 Å². The van der Waals surface area contributed by atoms with Crippen molar-refractivity contribution in [2.24, 2.45) is 0 Å². The third kappa shape index (κ3) is 3.35. The van der Waals surface area contributed by atoms with Gasteiger partial charge in [-0.2, -0.15) is 5.10 Å². The maximum atomic E-state index is 13.3. The number of anilines is 1. The number of fused-ring (bicyclic) bond motifs is 1. The van der Waals surface area contributed by atoms with Gasteiger partial charge in [0, 0.05) is 32.7 Å². The molecule has 1 N–H and O–H groups in total. The Morgan fingerprint density at radius 2 is 1.86 bits per heavy atom. The molecule has 8 nitrogen and oxygen atoms in total. The molecule has 1 aromatic carbocycles. The van der Waals surface area contributed by atoms with E-state index in [2.05, 4.69) is 25.3 Å². The second-order valence-electron chi connectivity index (χ2n) is 6.67. The fraction of sp³-hybridized carbons (Fsp3) is 0.368. The minimum atomic E-state index is -0.295. The predicted molar refractivity (Wildman–Crippen MR) is 104 cm³/mol. The lowest BCUT2D eigenvalue weighted by molar-refractivity contribution is 0.195. The molecule has 0 bridgehead atoms. The van der Waals surface area contributed by atoms with E-state index in [1.807, 2.05) is 18.7 Å². The van der Waals surface area contributed by atoms with Crippen LogP contribution in [0.3, 0.4) is 0 Å². The highest BCUT2D eigenvalue weighted by atomic mass is 19.1. The van der Waals surface area contributed by atoms with E-state index in [4.69, 9.17) is 0 Å². The molecule has 0 saturated carbocycles. The average Bonchev–Trinajstić information content (AvgIpc) is 3.12. The zero-order chi connectivity index (χ0) is 19.7. The van der Waals surface area contributed by atoms with Gasteiger partial charge in [-0.25, -0.2) is 23.8 Å². The molecule has 4 rings (SSSR count). The third-order valence-electron chi connectivity index (χ3n) is 4.79. The lowest BCUT2D eigenvalue weighted by Gasteiger charge is -2.35. The minimum Gasteiger partial charge on any atom is -0.352 e.